The maximum absolute atomic E-state index is 11.8. The number of hydrogen-bond acceptors (Lipinski definition) is 3. The van der Waals surface area contributed by atoms with E-state index >= 15 is 0 Å². The number of allylic oxidation sites excluding steroid dienone is 1. The van der Waals surface area contributed by atoms with Crippen LogP contribution in [0.3, 0.4) is 0 Å². The largest absolute Gasteiger partial charge is 0.523 e. The molecule has 0 aromatic rings. The molecule has 1 aliphatic carbocycles. The highest BCUT2D eigenvalue weighted by Crippen LogP contribution is 2.24. The SMILES string of the molecule is O=C=NC1=CC=C=CC1OC(F)(F)F. The van der Waals surface area contributed by atoms with Crippen molar-refractivity contribution in [3.63, 3.8) is 0 Å². The van der Waals surface area contributed by atoms with Gasteiger partial charge in [0, 0.05) is 0 Å². The van der Waals surface area contributed by atoms with E-state index in [1.165, 1.54) is 12.2 Å². The number of rotatable bonds is 2. The summed E-state index contributed by atoms with van der Waals surface area (Å²) in [6, 6.07) is 0. The van der Waals surface area contributed by atoms with Gasteiger partial charge in [0.15, 0.2) is 0 Å². The van der Waals surface area contributed by atoms with Crippen molar-refractivity contribution < 1.29 is 22.7 Å². The van der Waals surface area contributed by atoms with Crippen molar-refractivity contribution >= 4 is 6.08 Å². The van der Waals surface area contributed by atoms with Gasteiger partial charge in [-0.05, 0) is 18.2 Å². The minimum atomic E-state index is -4.78. The molecule has 1 aliphatic rings. The van der Waals surface area contributed by atoms with Crippen LogP contribution in [0.15, 0.2) is 34.6 Å². The lowest BCUT2D eigenvalue weighted by molar-refractivity contribution is -0.331. The maximum atomic E-state index is 11.8. The lowest BCUT2D eigenvalue weighted by Gasteiger charge is -2.15. The Morgan fingerprint density at radius 2 is 2.29 bits per heavy atom. The zero-order valence-corrected chi connectivity index (χ0v) is 6.71. The molecule has 14 heavy (non-hydrogen) atoms. The highest BCUT2D eigenvalue weighted by Gasteiger charge is 2.34. The molecule has 6 heteroatoms. The Hall–Kier alpha value is -1.61. The predicted molar refractivity (Wildman–Crippen MR) is 39.8 cm³/mol. The van der Waals surface area contributed by atoms with Crippen LogP contribution in [0.1, 0.15) is 0 Å². The number of nitrogens with zero attached hydrogens (tertiary/aromatic N) is 1. The summed E-state index contributed by atoms with van der Waals surface area (Å²) >= 11 is 0. The smallest absolute Gasteiger partial charge is 0.277 e. The first kappa shape index (κ1) is 10.5. The van der Waals surface area contributed by atoms with Gasteiger partial charge < -0.3 is 0 Å². The molecule has 0 saturated carbocycles. The molecular weight excluding hydrogens is 199 g/mol. The molecule has 0 radical (unpaired) electrons. The topological polar surface area (TPSA) is 38.7 Å². The third kappa shape index (κ3) is 3.03. The molecular formula is C8H4F3NO2. The van der Waals surface area contributed by atoms with E-state index in [0.29, 0.717) is 0 Å². The molecule has 1 rings (SSSR count). The van der Waals surface area contributed by atoms with Gasteiger partial charge in [0.05, 0.1) is 5.70 Å². The molecule has 0 fully saturated rings. The predicted octanol–water partition coefficient (Wildman–Crippen LogP) is 1.84. The molecule has 0 aliphatic heterocycles. The Balaban J connectivity index is 2.82. The summed E-state index contributed by atoms with van der Waals surface area (Å²) in [4.78, 5) is 12.9. The molecule has 0 bridgehead atoms. The average molecular weight is 203 g/mol. The van der Waals surface area contributed by atoms with E-state index < -0.39 is 12.5 Å². The Morgan fingerprint density at radius 1 is 1.57 bits per heavy atom. The third-order valence-electron chi connectivity index (χ3n) is 1.32. The molecule has 0 aromatic heterocycles. The second kappa shape index (κ2) is 4.07. The van der Waals surface area contributed by atoms with Crippen molar-refractivity contribution in [2.75, 3.05) is 0 Å². The third-order valence-corrected chi connectivity index (χ3v) is 1.32. The van der Waals surface area contributed by atoms with Crippen LogP contribution in [0.4, 0.5) is 13.2 Å². The van der Waals surface area contributed by atoms with Crippen LogP contribution >= 0.6 is 0 Å². The van der Waals surface area contributed by atoms with Crippen LogP contribution in [-0.4, -0.2) is 18.5 Å². The number of alkyl halides is 3. The Labute approximate surface area is 76.9 Å². The fraction of sp³-hybridized carbons (Fsp3) is 0.250. The Kier molecular flexibility index (Phi) is 3.04. The summed E-state index contributed by atoms with van der Waals surface area (Å²) in [5.74, 6) is 0. The number of ether oxygens (including phenoxy) is 1. The van der Waals surface area contributed by atoms with Gasteiger partial charge >= 0.3 is 6.36 Å². The zero-order valence-electron chi connectivity index (χ0n) is 6.71. The Bertz CT molecular complexity index is 357. The van der Waals surface area contributed by atoms with E-state index in [0.717, 1.165) is 12.2 Å². The second-order valence-electron chi connectivity index (χ2n) is 2.28. The quantitative estimate of drug-likeness (QED) is 0.390. The lowest BCUT2D eigenvalue weighted by Crippen LogP contribution is -2.23. The molecule has 0 aromatic carbocycles. The molecule has 1 atom stereocenters. The standard InChI is InChI=1S/C8H4F3NO2/c9-8(10,11)14-7-4-2-1-3-6(7)12-5-13/h1,3-4,7H. The molecule has 3 nitrogen and oxygen atoms in total. The van der Waals surface area contributed by atoms with E-state index in [-0.39, 0.29) is 5.70 Å². The minimum absolute atomic E-state index is 0.156. The lowest BCUT2D eigenvalue weighted by atomic mass is 10.2. The summed E-state index contributed by atoms with van der Waals surface area (Å²) in [7, 11) is 0. The van der Waals surface area contributed by atoms with Gasteiger partial charge in [-0.2, -0.15) is 4.99 Å². The molecule has 0 saturated heterocycles. The van der Waals surface area contributed by atoms with E-state index in [4.69, 9.17) is 0 Å². The van der Waals surface area contributed by atoms with Crippen molar-refractivity contribution in [3.05, 3.63) is 29.7 Å². The van der Waals surface area contributed by atoms with Gasteiger partial charge in [-0.1, -0.05) is 0 Å². The van der Waals surface area contributed by atoms with Crippen LogP contribution in [0.5, 0.6) is 0 Å². The van der Waals surface area contributed by atoms with Gasteiger partial charge in [0.25, 0.3) is 0 Å². The highest BCUT2D eigenvalue weighted by molar-refractivity contribution is 5.40. The summed E-state index contributed by atoms with van der Waals surface area (Å²) < 4.78 is 39.1. The van der Waals surface area contributed by atoms with E-state index in [1.807, 2.05) is 0 Å². The molecule has 0 amide bonds. The van der Waals surface area contributed by atoms with Crippen LogP contribution in [0.25, 0.3) is 0 Å². The van der Waals surface area contributed by atoms with Crippen LogP contribution in [-0.2, 0) is 9.53 Å². The van der Waals surface area contributed by atoms with Gasteiger partial charge in [-0.3, -0.25) is 4.74 Å². The first-order valence-corrected chi connectivity index (χ1v) is 3.48. The molecule has 0 spiro atoms. The fourth-order valence-corrected chi connectivity index (χ4v) is 0.849. The minimum Gasteiger partial charge on any atom is -0.277 e. The van der Waals surface area contributed by atoms with Gasteiger partial charge in [-0.15, -0.1) is 18.9 Å². The number of carbonyl (C=O) groups excluding carboxylic acids is 1. The van der Waals surface area contributed by atoms with Crippen LogP contribution < -0.4 is 0 Å². The summed E-state index contributed by atoms with van der Waals surface area (Å²) in [6.45, 7) is 0. The second-order valence-corrected chi connectivity index (χ2v) is 2.28. The van der Waals surface area contributed by atoms with Gasteiger partial charge in [0.2, 0.25) is 6.08 Å². The van der Waals surface area contributed by atoms with Crippen molar-refractivity contribution in [1.29, 1.82) is 0 Å². The van der Waals surface area contributed by atoms with Crippen molar-refractivity contribution in [2.24, 2.45) is 4.99 Å². The van der Waals surface area contributed by atoms with E-state index in [9.17, 15) is 18.0 Å². The monoisotopic (exact) mass is 203 g/mol. The van der Waals surface area contributed by atoms with Crippen molar-refractivity contribution in [2.45, 2.75) is 12.5 Å². The van der Waals surface area contributed by atoms with E-state index in [2.05, 4.69) is 15.5 Å². The number of hydrogen-bond donors (Lipinski definition) is 0. The first-order chi connectivity index (χ1) is 6.53. The van der Waals surface area contributed by atoms with Gasteiger partial charge in [-0.25, -0.2) is 4.79 Å². The summed E-state index contributed by atoms with van der Waals surface area (Å²) in [6.07, 6.45) is -1.53. The summed E-state index contributed by atoms with van der Waals surface area (Å²) in [5, 5.41) is 0. The molecule has 0 heterocycles. The van der Waals surface area contributed by atoms with Gasteiger partial charge in [0.1, 0.15) is 6.10 Å². The number of halogens is 3. The van der Waals surface area contributed by atoms with Crippen LogP contribution in [0.2, 0.25) is 0 Å². The van der Waals surface area contributed by atoms with Crippen molar-refractivity contribution in [3.8, 4) is 0 Å². The molecule has 1 unspecified atom stereocenters. The average Bonchev–Trinajstić information content (AvgIpc) is 2.06. The van der Waals surface area contributed by atoms with Crippen molar-refractivity contribution in [1.82, 2.24) is 0 Å². The summed E-state index contributed by atoms with van der Waals surface area (Å²) in [5.41, 5.74) is 2.25. The fourth-order valence-electron chi connectivity index (χ4n) is 0.849. The highest BCUT2D eigenvalue weighted by atomic mass is 19.4. The number of isocyanates is 1. The first-order valence-electron chi connectivity index (χ1n) is 3.48. The molecule has 74 valence electrons. The normalized spacial score (nSPS) is 20.2. The maximum Gasteiger partial charge on any atom is 0.523 e. The zero-order chi connectivity index (χ0) is 10.6. The molecule has 0 N–H and O–H groups in total. The Morgan fingerprint density at radius 3 is 2.86 bits per heavy atom. The van der Waals surface area contributed by atoms with Crippen LogP contribution in [0, 0.1) is 0 Å². The van der Waals surface area contributed by atoms with E-state index in [1.54, 1.807) is 0 Å². The number of aliphatic imine (C=N–C) groups is 1.